The molecule has 0 spiro atoms. The molecule has 2 atom stereocenters. The Morgan fingerprint density at radius 3 is 2.52 bits per heavy atom. The zero-order valence-electron chi connectivity index (χ0n) is 13.7. The van der Waals surface area contributed by atoms with Crippen molar-refractivity contribution in [3.8, 4) is 0 Å². The van der Waals surface area contributed by atoms with Gasteiger partial charge in [0.05, 0.1) is 5.54 Å². The highest BCUT2D eigenvalue weighted by Gasteiger charge is 2.49. The first-order valence-corrected chi connectivity index (χ1v) is 8.35. The summed E-state index contributed by atoms with van der Waals surface area (Å²) in [6.07, 6.45) is 5.26. The number of piperazine rings is 1. The van der Waals surface area contributed by atoms with Gasteiger partial charge in [0.25, 0.3) is 0 Å². The third-order valence-electron chi connectivity index (χ3n) is 5.88. The first kappa shape index (κ1) is 15.3. The van der Waals surface area contributed by atoms with Crippen LogP contribution in [0.4, 0.5) is 0 Å². The minimum Gasteiger partial charge on any atom is -0.368 e. The molecule has 3 aliphatic rings. The molecule has 2 saturated carbocycles. The van der Waals surface area contributed by atoms with Gasteiger partial charge in [-0.05, 0) is 53.0 Å². The van der Waals surface area contributed by atoms with E-state index in [1.165, 1.54) is 12.8 Å². The van der Waals surface area contributed by atoms with Gasteiger partial charge < -0.3 is 11.1 Å². The molecular formula is C16H30N4O. The molecule has 5 nitrogen and oxygen atoms in total. The van der Waals surface area contributed by atoms with Gasteiger partial charge in [-0.25, -0.2) is 0 Å². The number of carbonyl (C=O) groups excluding carboxylic acids is 1. The van der Waals surface area contributed by atoms with Crippen molar-refractivity contribution in [1.82, 2.24) is 15.1 Å². The molecule has 0 aromatic heterocycles. The number of rotatable bonds is 4. The highest BCUT2D eigenvalue weighted by molar-refractivity contribution is 5.85. The molecule has 1 aliphatic heterocycles. The Morgan fingerprint density at radius 1 is 1.24 bits per heavy atom. The molecule has 0 bridgehead atoms. The first-order chi connectivity index (χ1) is 9.82. The quantitative estimate of drug-likeness (QED) is 0.794. The summed E-state index contributed by atoms with van der Waals surface area (Å²) in [4.78, 5) is 17.0. The summed E-state index contributed by atoms with van der Waals surface area (Å²) in [6, 6.07) is 1.02. The minimum absolute atomic E-state index is 0.148. The van der Waals surface area contributed by atoms with Crippen LogP contribution in [0.1, 0.15) is 46.0 Å². The fraction of sp³-hybridized carbons (Fsp3) is 0.938. The average Bonchev–Trinajstić information content (AvgIpc) is 3.09. The summed E-state index contributed by atoms with van der Waals surface area (Å²) in [5, 5.41) is 3.55. The smallest absolute Gasteiger partial charge is 0.237 e. The standard InChI is InChI=1S/C16H30N4O/c1-15(2)11-20(9-8-19(15)3)13-6-7-16(10-13,14(17)21)18-12-4-5-12/h12-13,18H,4-11H2,1-3H3,(H2,17,21). The molecule has 3 rings (SSSR count). The predicted octanol–water partition coefficient (Wildman–Crippen LogP) is 0.541. The summed E-state index contributed by atoms with van der Waals surface area (Å²) < 4.78 is 0. The van der Waals surface area contributed by atoms with Gasteiger partial charge in [-0.3, -0.25) is 14.6 Å². The van der Waals surface area contributed by atoms with Crippen molar-refractivity contribution >= 4 is 5.91 Å². The normalized spacial score (nSPS) is 37.8. The summed E-state index contributed by atoms with van der Waals surface area (Å²) in [6.45, 7) is 7.88. The lowest BCUT2D eigenvalue weighted by molar-refractivity contribution is -0.124. The number of hydrogen-bond donors (Lipinski definition) is 2. The Kier molecular flexibility index (Phi) is 3.79. The Balaban J connectivity index is 1.66. The van der Waals surface area contributed by atoms with E-state index in [1.54, 1.807) is 0 Å². The van der Waals surface area contributed by atoms with E-state index >= 15 is 0 Å². The summed E-state index contributed by atoms with van der Waals surface area (Å²) >= 11 is 0. The first-order valence-electron chi connectivity index (χ1n) is 8.35. The third-order valence-corrected chi connectivity index (χ3v) is 5.88. The molecule has 120 valence electrons. The minimum atomic E-state index is -0.445. The number of nitrogens with one attached hydrogen (secondary N) is 1. The lowest BCUT2D eigenvalue weighted by Gasteiger charge is -2.47. The third kappa shape index (κ3) is 2.96. The van der Waals surface area contributed by atoms with Gasteiger partial charge in [-0.15, -0.1) is 0 Å². The zero-order valence-corrected chi connectivity index (χ0v) is 13.7. The van der Waals surface area contributed by atoms with Crippen LogP contribution in [0.3, 0.4) is 0 Å². The monoisotopic (exact) mass is 294 g/mol. The highest BCUT2D eigenvalue weighted by Crippen LogP contribution is 2.37. The van der Waals surface area contributed by atoms with Gasteiger partial charge in [0, 0.05) is 37.3 Å². The number of carbonyl (C=O) groups is 1. The Morgan fingerprint density at radius 2 is 1.95 bits per heavy atom. The van der Waals surface area contributed by atoms with E-state index in [9.17, 15) is 4.79 Å². The fourth-order valence-electron chi connectivity index (χ4n) is 3.97. The maximum absolute atomic E-state index is 12.0. The average molecular weight is 294 g/mol. The molecule has 5 heteroatoms. The maximum atomic E-state index is 12.0. The van der Waals surface area contributed by atoms with Crippen LogP contribution in [0, 0.1) is 0 Å². The SMILES string of the molecule is CN1CCN(C2CCC(NC3CC3)(C(N)=O)C2)CC1(C)C. The van der Waals surface area contributed by atoms with Gasteiger partial charge in [0.2, 0.25) is 5.91 Å². The second kappa shape index (κ2) is 5.21. The summed E-state index contributed by atoms with van der Waals surface area (Å²) in [7, 11) is 2.20. The molecule has 2 aliphatic carbocycles. The van der Waals surface area contributed by atoms with Gasteiger partial charge >= 0.3 is 0 Å². The Hall–Kier alpha value is -0.650. The van der Waals surface area contributed by atoms with E-state index in [0.717, 1.165) is 38.9 Å². The Bertz CT molecular complexity index is 421. The number of hydrogen-bond acceptors (Lipinski definition) is 4. The lowest BCUT2D eigenvalue weighted by Crippen LogP contribution is -2.60. The molecule has 2 unspecified atom stereocenters. The van der Waals surface area contributed by atoms with Crippen molar-refractivity contribution in [3.05, 3.63) is 0 Å². The van der Waals surface area contributed by atoms with Crippen molar-refractivity contribution in [2.24, 2.45) is 5.73 Å². The highest BCUT2D eigenvalue weighted by atomic mass is 16.1. The zero-order chi connectivity index (χ0) is 15.3. The van der Waals surface area contributed by atoms with Crippen LogP contribution in [0.15, 0.2) is 0 Å². The molecule has 0 aromatic rings. The van der Waals surface area contributed by atoms with Crippen LogP contribution in [0.25, 0.3) is 0 Å². The van der Waals surface area contributed by atoms with E-state index in [-0.39, 0.29) is 11.4 Å². The molecule has 21 heavy (non-hydrogen) atoms. The van der Waals surface area contributed by atoms with Crippen molar-refractivity contribution < 1.29 is 4.79 Å². The number of amides is 1. The summed E-state index contributed by atoms with van der Waals surface area (Å²) in [5.74, 6) is -0.148. The Labute approximate surface area is 128 Å². The van der Waals surface area contributed by atoms with Crippen molar-refractivity contribution in [2.75, 3.05) is 26.7 Å². The topological polar surface area (TPSA) is 61.6 Å². The van der Waals surface area contributed by atoms with Crippen molar-refractivity contribution in [3.63, 3.8) is 0 Å². The van der Waals surface area contributed by atoms with E-state index in [2.05, 4.69) is 36.0 Å². The van der Waals surface area contributed by atoms with Crippen LogP contribution >= 0.6 is 0 Å². The van der Waals surface area contributed by atoms with Crippen molar-refractivity contribution in [2.45, 2.75) is 69.1 Å². The maximum Gasteiger partial charge on any atom is 0.237 e. The van der Waals surface area contributed by atoms with Gasteiger partial charge in [-0.2, -0.15) is 0 Å². The largest absolute Gasteiger partial charge is 0.368 e. The van der Waals surface area contributed by atoms with Crippen LogP contribution in [-0.4, -0.2) is 65.6 Å². The van der Waals surface area contributed by atoms with Crippen LogP contribution in [0.2, 0.25) is 0 Å². The van der Waals surface area contributed by atoms with Gasteiger partial charge in [0.1, 0.15) is 0 Å². The van der Waals surface area contributed by atoms with E-state index < -0.39 is 5.54 Å². The second-order valence-corrected chi connectivity index (χ2v) is 7.97. The van der Waals surface area contributed by atoms with Crippen LogP contribution < -0.4 is 11.1 Å². The molecular weight excluding hydrogens is 264 g/mol. The van der Waals surface area contributed by atoms with Gasteiger partial charge in [-0.1, -0.05) is 0 Å². The predicted molar refractivity (Wildman–Crippen MR) is 84.0 cm³/mol. The molecule has 0 radical (unpaired) electrons. The van der Waals surface area contributed by atoms with E-state index in [0.29, 0.717) is 12.1 Å². The molecule has 3 N–H and O–H groups in total. The van der Waals surface area contributed by atoms with Gasteiger partial charge in [0.15, 0.2) is 0 Å². The fourth-order valence-corrected chi connectivity index (χ4v) is 3.97. The molecule has 1 saturated heterocycles. The summed E-state index contributed by atoms with van der Waals surface area (Å²) in [5.41, 5.74) is 5.51. The number of likely N-dealkylation sites (N-methyl/N-ethyl adjacent to an activating group) is 1. The molecule has 3 fully saturated rings. The number of nitrogens with zero attached hydrogens (tertiary/aromatic N) is 2. The van der Waals surface area contributed by atoms with Crippen molar-refractivity contribution in [1.29, 1.82) is 0 Å². The molecule has 0 aromatic carbocycles. The lowest BCUT2D eigenvalue weighted by atomic mass is 9.94. The van der Waals surface area contributed by atoms with Crippen LogP contribution in [0.5, 0.6) is 0 Å². The number of primary amides is 1. The molecule has 1 heterocycles. The number of nitrogens with two attached hydrogens (primary N) is 1. The van der Waals surface area contributed by atoms with Crippen LogP contribution in [-0.2, 0) is 4.79 Å². The van der Waals surface area contributed by atoms with E-state index in [4.69, 9.17) is 5.73 Å². The molecule has 1 amide bonds. The second-order valence-electron chi connectivity index (χ2n) is 7.97. The van der Waals surface area contributed by atoms with E-state index in [1.807, 2.05) is 0 Å².